The fourth-order valence-electron chi connectivity index (χ4n) is 2.11. The van der Waals surface area contributed by atoms with Crippen LogP contribution in [0, 0.1) is 6.92 Å². The average Bonchev–Trinajstić information content (AvgIpc) is 2.38. The number of hydrogen-bond acceptors (Lipinski definition) is 5. The van der Waals surface area contributed by atoms with Gasteiger partial charge >= 0.3 is 0 Å². The Morgan fingerprint density at radius 2 is 2.11 bits per heavy atom. The van der Waals surface area contributed by atoms with Crippen molar-refractivity contribution in [1.82, 2.24) is 4.98 Å². The molecule has 0 radical (unpaired) electrons. The largest absolute Gasteiger partial charge is 0.409 e. The summed E-state index contributed by atoms with van der Waals surface area (Å²) in [5, 5.41) is 21.2. The van der Waals surface area contributed by atoms with Crippen LogP contribution in [0.4, 0.5) is 5.82 Å². The Kier molecular flexibility index (Phi) is 3.66. The number of aliphatic hydroxyl groups is 1. The molecule has 0 saturated carbocycles. The maximum Gasteiger partial charge on any atom is 0.170 e. The van der Waals surface area contributed by atoms with Crippen molar-refractivity contribution in [2.75, 3.05) is 18.0 Å². The molecule has 2 rings (SSSR count). The molecule has 1 fully saturated rings. The highest BCUT2D eigenvalue weighted by Crippen LogP contribution is 2.20. The highest BCUT2D eigenvalue weighted by Gasteiger charge is 2.19. The van der Waals surface area contributed by atoms with Crippen LogP contribution in [0.15, 0.2) is 17.3 Å². The molecule has 1 aliphatic rings. The highest BCUT2D eigenvalue weighted by atomic mass is 16.4. The Morgan fingerprint density at radius 3 is 2.72 bits per heavy atom. The monoisotopic (exact) mass is 250 g/mol. The molecule has 0 bridgehead atoms. The summed E-state index contributed by atoms with van der Waals surface area (Å²) in [5.41, 5.74) is 7.08. The minimum absolute atomic E-state index is 0.0822. The van der Waals surface area contributed by atoms with Gasteiger partial charge in [0.2, 0.25) is 0 Å². The molecule has 0 unspecified atom stereocenters. The number of piperidine rings is 1. The van der Waals surface area contributed by atoms with Crippen LogP contribution in [-0.2, 0) is 0 Å². The van der Waals surface area contributed by atoms with Gasteiger partial charge in [-0.2, -0.15) is 0 Å². The summed E-state index contributed by atoms with van der Waals surface area (Å²) in [4.78, 5) is 6.56. The number of nitrogens with zero attached hydrogens (tertiary/aromatic N) is 3. The summed E-state index contributed by atoms with van der Waals surface area (Å²) < 4.78 is 0. The van der Waals surface area contributed by atoms with Gasteiger partial charge < -0.3 is 20.9 Å². The lowest BCUT2D eigenvalue weighted by Crippen LogP contribution is -2.36. The summed E-state index contributed by atoms with van der Waals surface area (Å²) >= 11 is 0. The lowest BCUT2D eigenvalue weighted by Gasteiger charge is -2.30. The number of pyridine rings is 1. The van der Waals surface area contributed by atoms with Crippen LogP contribution in [0.1, 0.15) is 24.1 Å². The fourth-order valence-corrected chi connectivity index (χ4v) is 2.11. The van der Waals surface area contributed by atoms with Crippen molar-refractivity contribution in [3.05, 3.63) is 23.4 Å². The van der Waals surface area contributed by atoms with E-state index in [0.717, 1.165) is 37.4 Å². The van der Waals surface area contributed by atoms with E-state index in [1.54, 1.807) is 12.1 Å². The molecule has 0 spiro atoms. The molecule has 18 heavy (non-hydrogen) atoms. The van der Waals surface area contributed by atoms with E-state index in [0.29, 0.717) is 5.56 Å². The maximum atomic E-state index is 9.49. The number of hydrogen-bond donors (Lipinski definition) is 3. The van der Waals surface area contributed by atoms with Gasteiger partial charge in [0.1, 0.15) is 5.82 Å². The summed E-state index contributed by atoms with van der Waals surface area (Å²) in [7, 11) is 0. The first kappa shape index (κ1) is 12.6. The molecular weight excluding hydrogens is 232 g/mol. The molecule has 1 aromatic rings. The zero-order chi connectivity index (χ0) is 13.1. The molecular formula is C12H18N4O2. The molecule has 0 aromatic carbocycles. The lowest BCUT2D eigenvalue weighted by molar-refractivity contribution is 0.145. The second-order valence-corrected chi connectivity index (χ2v) is 4.56. The number of oxime groups is 1. The molecule has 6 nitrogen and oxygen atoms in total. The number of nitrogens with two attached hydrogens (primary N) is 1. The van der Waals surface area contributed by atoms with Gasteiger partial charge in [-0.05, 0) is 31.9 Å². The first-order valence-electron chi connectivity index (χ1n) is 5.99. The van der Waals surface area contributed by atoms with Gasteiger partial charge in [0, 0.05) is 24.3 Å². The molecule has 0 atom stereocenters. The number of amidine groups is 1. The van der Waals surface area contributed by atoms with E-state index in [2.05, 4.69) is 15.0 Å². The third-order valence-electron chi connectivity index (χ3n) is 3.13. The van der Waals surface area contributed by atoms with Gasteiger partial charge in [-0.3, -0.25) is 0 Å². The first-order chi connectivity index (χ1) is 8.60. The van der Waals surface area contributed by atoms with Gasteiger partial charge in [0.15, 0.2) is 5.84 Å². The van der Waals surface area contributed by atoms with Crippen LogP contribution < -0.4 is 10.6 Å². The molecule has 0 aliphatic carbocycles. The predicted octanol–water partition coefficient (Wildman–Crippen LogP) is 0.446. The molecule has 1 saturated heterocycles. The summed E-state index contributed by atoms with van der Waals surface area (Å²) in [5.74, 6) is 0.891. The summed E-state index contributed by atoms with van der Waals surface area (Å²) in [6.45, 7) is 3.41. The fraction of sp³-hybridized carbons (Fsp3) is 0.500. The van der Waals surface area contributed by atoms with Crippen molar-refractivity contribution in [3.63, 3.8) is 0 Å². The molecule has 1 aromatic heterocycles. The van der Waals surface area contributed by atoms with E-state index in [1.807, 2.05) is 6.92 Å². The Hall–Kier alpha value is -1.82. The topological polar surface area (TPSA) is 95.0 Å². The van der Waals surface area contributed by atoms with Gasteiger partial charge in [-0.1, -0.05) is 5.16 Å². The van der Waals surface area contributed by atoms with Crippen molar-refractivity contribution in [2.45, 2.75) is 25.9 Å². The zero-order valence-corrected chi connectivity index (χ0v) is 10.4. The van der Waals surface area contributed by atoms with E-state index < -0.39 is 0 Å². The van der Waals surface area contributed by atoms with E-state index in [1.165, 1.54) is 0 Å². The second-order valence-electron chi connectivity index (χ2n) is 4.56. The van der Waals surface area contributed by atoms with Crippen LogP contribution in [0.3, 0.4) is 0 Å². The van der Waals surface area contributed by atoms with Crippen LogP contribution >= 0.6 is 0 Å². The quantitative estimate of drug-likeness (QED) is 0.306. The number of anilines is 1. The molecule has 1 aliphatic heterocycles. The smallest absolute Gasteiger partial charge is 0.170 e. The van der Waals surface area contributed by atoms with Crippen molar-refractivity contribution in [2.24, 2.45) is 10.9 Å². The van der Waals surface area contributed by atoms with Crippen molar-refractivity contribution < 1.29 is 10.3 Å². The van der Waals surface area contributed by atoms with Crippen molar-refractivity contribution in [3.8, 4) is 0 Å². The first-order valence-corrected chi connectivity index (χ1v) is 5.99. The third-order valence-corrected chi connectivity index (χ3v) is 3.13. The van der Waals surface area contributed by atoms with E-state index >= 15 is 0 Å². The Morgan fingerprint density at radius 1 is 1.44 bits per heavy atom. The minimum atomic E-state index is -0.213. The molecule has 2 heterocycles. The van der Waals surface area contributed by atoms with Crippen LogP contribution in [0.2, 0.25) is 0 Å². The highest BCUT2D eigenvalue weighted by molar-refractivity contribution is 5.97. The number of aryl methyl sites for hydroxylation is 1. The van der Waals surface area contributed by atoms with E-state index in [-0.39, 0.29) is 11.9 Å². The minimum Gasteiger partial charge on any atom is -0.409 e. The van der Waals surface area contributed by atoms with Crippen molar-refractivity contribution in [1.29, 1.82) is 0 Å². The van der Waals surface area contributed by atoms with Crippen LogP contribution in [-0.4, -0.2) is 40.3 Å². The van der Waals surface area contributed by atoms with E-state index in [4.69, 9.17) is 10.9 Å². The van der Waals surface area contributed by atoms with Gasteiger partial charge in [-0.15, -0.1) is 0 Å². The van der Waals surface area contributed by atoms with Gasteiger partial charge in [0.05, 0.1) is 6.10 Å². The summed E-state index contributed by atoms with van der Waals surface area (Å²) in [6.07, 6.45) is 1.28. The maximum absolute atomic E-state index is 9.49. The molecule has 4 N–H and O–H groups in total. The Balaban J connectivity index is 2.25. The van der Waals surface area contributed by atoms with Gasteiger partial charge in [0.25, 0.3) is 0 Å². The zero-order valence-electron chi connectivity index (χ0n) is 10.4. The third kappa shape index (κ3) is 2.70. The van der Waals surface area contributed by atoms with E-state index in [9.17, 15) is 5.11 Å². The number of aromatic nitrogens is 1. The van der Waals surface area contributed by atoms with Crippen molar-refractivity contribution >= 4 is 11.7 Å². The Bertz CT molecular complexity index is 453. The van der Waals surface area contributed by atoms with Gasteiger partial charge in [-0.25, -0.2) is 4.98 Å². The van der Waals surface area contributed by atoms with Crippen LogP contribution in [0.5, 0.6) is 0 Å². The molecule has 98 valence electrons. The second kappa shape index (κ2) is 5.22. The van der Waals surface area contributed by atoms with Crippen LogP contribution in [0.25, 0.3) is 0 Å². The molecule has 6 heteroatoms. The lowest BCUT2D eigenvalue weighted by atomic mass is 10.1. The SMILES string of the molecule is Cc1cc(/C(N)=N/O)cc(N2CCC(O)CC2)n1. The normalized spacial score (nSPS) is 18.1. The Labute approximate surface area is 106 Å². The molecule has 0 amide bonds. The number of aliphatic hydroxyl groups excluding tert-OH is 1. The number of rotatable bonds is 2. The predicted molar refractivity (Wildman–Crippen MR) is 68.9 cm³/mol. The average molecular weight is 250 g/mol. The summed E-state index contributed by atoms with van der Waals surface area (Å²) in [6, 6.07) is 3.58. The standard InChI is InChI=1S/C12H18N4O2/c1-8-6-9(12(13)15-18)7-11(14-8)16-4-2-10(17)3-5-16/h6-7,10,17-18H,2-5H2,1H3,(H2,13,15).